The molecule has 0 bridgehead atoms. The van der Waals surface area contributed by atoms with E-state index in [0.717, 1.165) is 4.90 Å². The molecule has 0 aromatic carbocycles. The fraction of sp³-hybridized carbons (Fsp3) is 0.833. The minimum atomic E-state index is -4.29. The monoisotopic (exact) mass is 281 g/mol. The average Bonchev–Trinajstić information content (AvgIpc) is 2.34. The Hall–Kier alpha value is -1.27. The molecule has 7 heteroatoms. The quantitative estimate of drug-likeness (QED) is 0.787. The number of rotatable bonds is 5. The molecule has 0 heterocycles. The molecule has 1 aliphatic rings. The summed E-state index contributed by atoms with van der Waals surface area (Å²) in [7, 11) is 0. The molecule has 110 valence electrons. The molecule has 0 radical (unpaired) electrons. The summed E-state index contributed by atoms with van der Waals surface area (Å²) < 4.78 is 37.8. The lowest BCUT2D eigenvalue weighted by Gasteiger charge is -2.43. The van der Waals surface area contributed by atoms with Gasteiger partial charge in [-0.2, -0.15) is 13.2 Å². The van der Waals surface area contributed by atoms with Gasteiger partial charge in [0.1, 0.15) is 5.54 Å². The summed E-state index contributed by atoms with van der Waals surface area (Å²) >= 11 is 0. The number of amides is 1. The van der Waals surface area contributed by atoms with Crippen LogP contribution in [0.15, 0.2) is 0 Å². The summed E-state index contributed by atoms with van der Waals surface area (Å²) in [5.41, 5.74) is -1.47. The number of hydrogen-bond donors (Lipinski definition) is 1. The number of nitrogens with zero attached hydrogens (tertiary/aromatic N) is 1. The zero-order valence-electron chi connectivity index (χ0n) is 10.7. The van der Waals surface area contributed by atoms with Gasteiger partial charge in [-0.3, -0.25) is 4.79 Å². The summed E-state index contributed by atoms with van der Waals surface area (Å²) in [5.74, 6) is -2.68. The van der Waals surface area contributed by atoms with E-state index < -0.39 is 23.6 Å². The Bertz CT molecular complexity index is 336. The van der Waals surface area contributed by atoms with Gasteiger partial charge in [0.25, 0.3) is 0 Å². The molecule has 1 rings (SSSR count). The fourth-order valence-corrected chi connectivity index (χ4v) is 2.66. The lowest BCUT2D eigenvalue weighted by Crippen LogP contribution is -2.57. The number of carboxylic acids is 1. The van der Waals surface area contributed by atoms with E-state index in [1.165, 1.54) is 0 Å². The molecule has 0 saturated heterocycles. The van der Waals surface area contributed by atoms with E-state index in [-0.39, 0.29) is 32.2 Å². The minimum Gasteiger partial charge on any atom is -0.479 e. The van der Waals surface area contributed by atoms with Gasteiger partial charge < -0.3 is 10.0 Å². The molecule has 0 aliphatic heterocycles. The highest BCUT2D eigenvalue weighted by molar-refractivity contribution is 5.81. The Morgan fingerprint density at radius 1 is 1.42 bits per heavy atom. The molecule has 1 saturated carbocycles. The first kappa shape index (κ1) is 15.8. The van der Waals surface area contributed by atoms with Crippen molar-refractivity contribution in [2.24, 2.45) is 5.92 Å². The van der Waals surface area contributed by atoms with Crippen molar-refractivity contribution in [2.45, 2.75) is 50.7 Å². The van der Waals surface area contributed by atoms with Crippen LogP contribution in [0.5, 0.6) is 0 Å². The molecule has 1 amide bonds. The summed E-state index contributed by atoms with van der Waals surface area (Å²) in [6.07, 6.45) is -4.08. The van der Waals surface area contributed by atoms with Gasteiger partial charge in [0.2, 0.25) is 6.41 Å². The van der Waals surface area contributed by atoms with Gasteiger partial charge >= 0.3 is 12.1 Å². The number of carbonyl (C=O) groups is 2. The number of carbonyl (C=O) groups excluding carboxylic acids is 1. The van der Waals surface area contributed by atoms with E-state index in [9.17, 15) is 27.9 Å². The summed E-state index contributed by atoms with van der Waals surface area (Å²) in [6, 6.07) is 0. The Morgan fingerprint density at radius 2 is 1.95 bits per heavy atom. The van der Waals surface area contributed by atoms with Gasteiger partial charge in [-0.25, -0.2) is 4.79 Å². The van der Waals surface area contributed by atoms with Crippen molar-refractivity contribution in [1.82, 2.24) is 4.90 Å². The van der Waals surface area contributed by atoms with E-state index in [1.807, 2.05) is 0 Å². The van der Waals surface area contributed by atoms with Crippen LogP contribution in [0.1, 0.15) is 39.0 Å². The topological polar surface area (TPSA) is 57.6 Å². The SMILES string of the molecule is CCCN(C=O)C1(C(=O)O)CCC(C(F)(F)F)CC1. The standard InChI is InChI=1S/C12H18F3NO3/c1-2-7-16(8-17)11(10(18)19)5-3-9(4-6-11)12(13,14)15/h8-9H,2-7H2,1H3,(H,18,19). The van der Waals surface area contributed by atoms with E-state index in [0.29, 0.717) is 12.8 Å². The highest BCUT2D eigenvalue weighted by atomic mass is 19.4. The van der Waals surface area contributed by atoms with Gasteiger partial charge in [-0.1, -0.05) is 6.92 Å². The molecule has 1 N–H and O–H groups in total. The van der Waals surface area contributed by atoms with Crippen LogP contribution in [-0.2, 0) is 9.59 Å². The van der Waals surface area contributed by atoms with Crippen molar-refractivity contribution in [3.05, 3.63) is 0 Å². The van der Waals surface area contributed by atoms with Crippen LogP contribution in [-0.4, -0.2) is 40.6 Å². The van der Waals surface area contributed by atoms with Crippen molar-refractivity contribution in [1.29, 1.82) is 0 Å². The second-order valence-electron chi connectivity index (χ2n) is 4.95. The normalized spacial score (nSPS) is 27.9. The molecule has 4 nitrogen and oxygen atoms in total. The molecule has 0 unspecified atom stereocenters. The Balaban J connectivity index is 2.88. The van der Waals surface area contributed by atoms with E-state index in [4.69, 9.17) is 0 Å². The van der Waals surface area contributed by atoms with E-state index in [2.05, 4.69) is 0 Å². The van der Waals surface area contributed by atoms with Gasteiger partial charge in [-0.15, -0.1) is 0 Å². The molecular weight excluding hydrogens is 263 g/mol. The molecule has 0 spiro atoms. The van der Waals surface area contributed by atoms with Crippen molar-refractivity contribution < 1.29 is 27.9 Å². The number of alkyl halides is 3. The van der Waals surface area contributed by atoms with Gasteiger partial charge in [0.05, 0.1) is 5.92 Å². The molecule has 19 heavy (non-hydrogen) atoms. The van der Waals surface area contributed by atoms with Crippen LogP contribution in [0.25, 0.3) is 0 Å². The zero-order chi connectivity index (χ0) is 14.7. The van der Waals surface area contributed by atoms with Crippen LogP contribution < -0.4 is 0 Å². The number of hydrogen-bond acceptors (Lipinski definition) is 2. The first-order chi connectivity index (χ1) is 8.78. The van der Waals surface area contributed by atoms with Crippen LogP contribution in [0, 0.1) is 5.92 Å². The second-order valence-corrected chi connectivity index (χ2v) is 4.95. The van der Waals surface area contributed by atoms with Crippen LogP contribution >= 0.6 is 0 Å². The molecule has 1 fully saturated rings. The van der Waals surface area contributed by atoms with Crippen molar-refractivity contribution in [2.75, 3.05) is 6.54 Å². The highest BCUT2D eigenvalue weighted by Crippen LogP contribution is 2.43. The van der Waals surface area contributed by atoms with Crippen molar-refractivity contribution in [3.63, 3.8) is 0 Å². The second kappa shape index (κ2) is 5.79. The molecule has 0 atom stereocenters. The third-order valence-electron chi connectivity index (χ3n) is 3.82. The summed E-state index contributed by atoms with van der Waals surface area (Å²) in [6.45, 7) is 2.03. The Morgan fingerprint density at radius 3 is 2.26 bits per heavy atom. The number of halogens is 3. The Labute approximate surface area is 109 Å². The van der Waals surface area contributed by atoms with Crippen molar-refractivity contribution >= 4 is 12.4 Å². The molecule has 0 aromatic heterocycles. The highest BCUT2D eigenvalue weighted by Gasteiger charge is 2.51. The third kappa shape index (κ3) is 3.19. The van der Waals surface area contributed by atoms with Crippen LogP contribution in [0.3, 0.4) is 0 Å². The fourth-order valence-electron chi connectivity index (χ4n) is 2.66. The summed E-state index contributed by atoms with van der Waals surface area (Å²) in [5, 5.41) is 9.32. The first-order valence-electron chi connectivity index (χ1n) is 6.30. The number of carboxylic acid groups (broad SMARTS) is 1. The molecule has 1 aliphatic carbocycles. The average molecular weight is 281 g/mol. The van der Waals surface area contributed by atoms with E-state index >= 15 is 0 Å². The lowest BCUT2D eigenvalue weighted by molar-refractivity contribution is -0.193. The number of aliphatic carboxylic acids is 1. The van der Waals surface area contributed by atoms with Gasteiger partial charge in [-0.05, 0) is 32.1 Å². The maximum atomic E-state index is 12.6. The lowest BCUT2D eigenvalue weighted by atomic mass is 9.75. The maximum absolute atomic E-state index is 12.6. The van der Waals surface area contributed by atoms with Gasteiger partial charge in [0, 0.05) is 6.54 Å². The largest absolute Gasteiger partial charge is 0.479 e. The van der Waals surface area contributed by atoms with Crippen LogP contribution in [0.4, 0.5) is 13.2 Å². The van der Waals surface area contributed by atoms with Gasteiger partial charge in [0.15, 0.2) is 0 Å². The predicted octanol–water partition coefficient (Wildman–Crippen LogP) is 2.43. The van der Waals surface area contributed by atoms with Crippen LogP contribution in [0.2, 0.25) is 0 Å². The maximum Gasteiger partial charge on any atom is 0.391 e. The third-order valence-corrected chi connectivity index (χ3v) is 3.82. The van der Waals surface area contributed by atoms with E-state index in [1.54, 1.807) is 6.92 Å². The van der Waals surface area contributed by atoms with Crippen molar-refractivity contribution in [3.8, 4) is 0 Å². The molecular formula is C12H18F3NO3. The Kier molecular flexibility index (Phi) is 4.81. The zero-order valence-corrected chi connectivity index (χ0v) is 10.7. The smallest absolute Gasteiger partial charge is 0.391 e. The summed E-state index contributed by atoms with van der Waals surface area (Å²) in [4.78, 5) is 23.6. The minimum absolute atomic E-state index is 0.148. The first-order valence-corrected chi connectivity index (χ1v) is 6.30. The molecule has 0 aromatic rings. The predicted molar refractivity (Wildman–Crippen MR) is 61.4 cm³/mol.